The molecule has 24 heavy (non-hydrogen) atoms. The highest BCUT2D eigenvalue weighted by molar-refractivity contribution is 7.10. The van der Waals surface area contributed by atoms with Gasteiger partial charge in [-0.05, 0) is 37.0 Å². The van der Waals surface area contributed by atoms with Gasteiger partial charge in [0.25, 0.3) is 5.91 Å². The minimum absolute atomic E-state index is 0.00873. The second kappa shape index (κ2) is 7.96. The minimum Gasteiger partial charge on any atom is -0.459 e. The van der Waals surface area contributed by atoms with E-state index in [0.29, 0.717) is 5.76 Å². The summed E-state index contributed by atoms with van der Waals surface area (Å²) in [6.07, 6.45) is 1.53. The lowest BCUT2D eigenvalue weighted by Crippen LogP contribution is -2.52. The molecular weight excluding hydrogens is 322 g/mol. The van der Waals surface area contributed by atoms with Gasteiger partial charge in [-0.2, -0.15) is 0 Å². The highest BCUT2D eigenvalue weighted by Crippen LogP contribution is 2.29. The van der Waals surface area contributed by atoms with Crippen molar-refractivity contribution in [1.82, 2.24) is 15.1 Å². The van der Waals surface area contributed by atoms with E-state index in [9.17, 15) is 4.79 Å². The van der Waals surface area contributed by atoms with Gasteiger partial charge in [-0.1, -0.05) is 13.0 Å². The maximum atomic E-state index is 12.3. The van der Waals surface area contributed by atoms with Gasteiger partial charge < -0.3 is 14.6 Å². The van der Waals surface area contributed by atoms with Gasteiger partial charge in [0, 0.05) is 37.1 Å². The molecule has 0 radical (unpaired) electrons. The first kappa shape index (κ1) is 17.2. The van der Waals surface area contributed by atoms with E-state index >= 15 is 0 Å². The lowest BCUT2D eigenvalue weighted by molar-refractivity contribution is 0.0739. The first-order valence-electron chi connectivity index (χ1n) is 8.53. The van der Waals surface area contributed by atoms with Crippen LogP contribution in [0.2, 0.25) is 0 Å². The molecule has 2 aromatic rings. The zero-order chi connectivity index (χ0) is 16.9. The second-order valence-corrected chi connectivity index (χ2v) is 7.15. The third-order valence-corrected chi connectivity index (χ3v) is 5.60. The fourth-order valence-electron chi connectivity index (χ4n) is 3.32. The molecule has 0 aliphatic carbocycles. The van der Waals surface area contributed by atoms with Crippen LogP contribution in [-0.2, 0) is 0 Å². The van der Waals surface area contributed by atoms with Crippen LogP contribution >= 0.6 is 11.3 Å². The van der Waals surface area contributed by atoms with Crippen molar-refractivity contribution < 1.29 is 9.21 Å². The van der Waals surface area contributed by atoms with Crippen LogP contribution in [0.15, 0.2) is 40.3 Å². The summed E-state index contributed by atoms with van der Waals surface area (Å²) in [5.41, 5.74) is 0. The van der Waals surface area contributed by atoms with Crippen LogP contribution in [0.5, 0.6) is 0 Å². The Morgan fingerprint density at radius 1 is 1.29 bits per heavy atom. The maximum absolute atomic E-state index is 12.3. The van der Waals surface area contributed by atoms with E-state index in [1.807, 2.05) is 0 Å². The number of nitrogens with one attached hydrogen (secondary N) is 1. The van der Waals surface area contributed by atoms with E-state index < -0.39 is 0 Å². The Bertz CT molecular complexity index is 619. The zero-order valence-corrected chi connectivity index (χ0v) is 15.1. The summed E-state index contributed by atoms with van der Waals surface area (Å²) in [6.45, 7) is 9.60. The Hall–Kier alpha value is -1.63. The van der Waals surface area contributed by atoms with E-state index in [4.69, 9.17) is 4.42 Å². The van der Waals surface area contributed by atoms with Crippen LogP contribution in [0.1, 0.15) is 35.3 Å². The van der Waals surface area contributed by atoms with E-state index in [1.54, 1.807) is 23.5 Å². The fraction of sp³-hybridized carbons (Fsp3) is 0.500. The summed E-state index contributed by atoms with van der Waals surface area (Å²) >= 11 is 1.75. The Labute approximate surface area is 147 Å². The molecule has 130 valence electrons. The SMILES string of the molecule is CCN1CCN([C@@H](c2cccs2)[C@@H](C)NC(=O)c2ccco2)CC1. The molecule has 1 fully saturated rings. The molecule has 0 saturated carbocycles. The molecule has 1 N–H and O–H groups in total. The quantitative estimate of drug-likeness (QED) is 0.873. The average molecular weight is 347 g/mol. The van der Waals surface area contributed by atoms with Crippen molar-refractivity contribution >= 4 is 17.2 Å². The molecule has 3 heterocycles. The molecule has 0 aromatic carbocycles. The average Bonchev–Trinajstić information content (AvgIpc) is 3.29. The highest BCUT2D eigenvalue weighted by atomic mass is 32.1. The standard InChI is InChI=1S/C18H25N3O2S/c1-3-20-8-10-21(11-9-20)17(16-7-5-13-24-16)14(2)19-18(22)15-6-4-12-23-15/h4-7,12-14,17H,3,8-11H2,1-2H3,(H,19,22)/t14-,17-/m1/s1. The van der Waals surface area contributed by atoms with Gasteiger partial charge in [0.05, 0.1) is 12.3 Å². The molecule has 0 spiro atoms. The molecule has 1 saturated heterocycles. The molecule has 5 nitrogen and oxygen atoms in total. The molecule has 6 heteroatoms. The number of hydrogen-bond donors (Lipinski definition) is 1. The van der Waals surface area contributed by atoms with Crippen LogP contribution < -0.4 is 5.32 Å². The number of rotatable bonds is 6. The summed E-state index contributed by atoms with van der Waals surface area (Å²) in [5, 5.41) is 5.21. The van der Waals surface area contributed by atoms with Crippen LogP contribution in [0.4, 0.5) is 0 Å². The van der Waals surface area contributed by atoms with Gasteiger partial charge in [-0.25, -0.2) is 0 Å². The topological polar surface area (TPSA) is 48.7 Å². The molecule has 1 aliphatic rings. The minimum atomic E-state index is -0.152. The van der Waals surface area contributed by atoms with Crippen molar-refractivity contribution in [3.8, 4) is 0 Å². The summed E-state index contributed by atoms with van der Waals surface area (Å²) in [7, 11) is 0. The Morgan fingerprint density at radius 3 is 2.67 bits per heavy atom. The van der Waals surface area contributed by atoms with Crippen LogP contribution in [0.3, 0.4) is 0 Å². The van der Waals surface area contributed by atoms with Crippen molar-refractivity contribution in [3.05, 3.63) is 46.5 Å². The number of piperazine rings is 1. The second-order valence-electron chi connectivity index (χ2n) is 6.17. The normalized spacial score (nSPS) is 19.1. The Balaban J connectivity index is 1.72. The van der Waals surface area contributed by atoms with Crippen molar-refractivity contribution in [1.29, 1.82) is 0 Å². The summed E-state index contributed by atoms with van der Waals surface area (Å²) in [5.74, 6) is 0.212. The summed E-state index contributed by atoms with van der Waals surface area (Å²) in [4.78, 5) is 18.6. The number of nitrogens with zero attached hydrogens (tertiary/aromatic N) is 2. The van der Waals surface area contributed by atoms with Crippen LogP contribution in [0, 0.1) is 0 Å². The predicted molar refractivity (Wildman–Crippen MR) is 96.4 cm³/mol. The molecule has 3 rings (SSSR count). The molecule has 1 aliphatic heterocycles. The summed E-state index contributed by atoms with van der Waals surface area (Å²) in [6, 6.07) is 7.88. The van der Waals surface area contributed by atoms with E-state index in [0.717, 1.165) is 32.7 Å². The number of hydrogen-bond acceptors (Lipinski definition) is 5. The monoisotopic (exact) mass is 347 g/mol. The molecule has 2 aromatic heterocycles. The number of carbonyl (C=O) groups is 1. The van der Waals surface area contributed by atoms with E-state index in [1.165, 1.54) is 11.1 Å². The lowest BCUT2D eigenvalue weighted by atomic mass is 10.0. The summed E-state index contributed by atoms with van der Waals surface area (Å²) < 4.78 is 5.21. The van der Waals surface area contributed by atoms with Crippen molar-refractivity contribution in [2.75, 3.05) is 32.7 Å². The van der Waals surface area contributed by atoms with Gasteiger partial charge >= 0.3 is 0 Å². The third-order valence-electron chi connectivity index (χ3n) is 4.66. The molecule has 0 unspecified atom stereocenters. The van der Waals surface area contributed by atoms with Crippen molar-refractivity contribution in [3.63, 3.8) is 0 Å². The van der Waals surface area contributed by atoms with Crippen molar-refractivity contribution in [2.24, 2.45) is 0 Å². The fourth-order valence-corrected chi connectivity index (χ4v) is 4.29. The van der Waals surface area contributed by atoms with Gasteiger partial charge in [-0.3, -0.25) is 9.69 Å². The first-order chi connectivity index (χ1) is 11.7. The number of carbonyl (C=O) groups excluding carboxylic acids is 1. The predicted octanol–water partition coefficient (Wildman–Crippen LogP) is 2.84. The largest absolute Gasteiger partial charge is 0.459 e. The Morgan fingerprint density at radius 2 is 2.08 bits per heavy atom. The van der Waals surface area contributed by atoms with Gasteiger partial charge in [0.2, 0.25) is 0 Å². The maximum Gasteiger partial charge on any atom is 0.287 e. The third kappa shape index (κ3) is 3.88. The number of furan rings is 1. The van der Waals surface area contributed by atoms with Crippen LogP contribution in [0.25, 0.3) is 0 Å². The molecule has 2 atom stereocenters. The van der Waals surface area contributed by atoms with Gasteiger partial charge in [-0.15, -0.1) is 11.3 Å². The molecule has 0 bridgehead atoms. The van der Waals surface area contributed by atoms with Gasteiger partial charge in [0.1, 0.15) is 0 Å². The van der Waals surface area contributed by atoms with Crippen LogP contribution in [-0.4, -0.2) is 54.5 Å². The zero-order valence-electron chi connectivity index (χ0n) is 14.3. The van der Waals surface area contributed by atoms with E-state index in [2.05, 4.69) is 46.5 Å². The van der Waals surface area contributed by atoms with Gasteiger partial charge in [0.15, 0.2) is 5.76 Å². The molecule has 1 amide bonds. The lowest BCUT2D eigenvalue weighted by Gasteiger charge is -2.41. The number of likely N-dealkylation sites (N-methyl/N-ethyl adjacent to an activating group) is 1. The van der Waals surface area contributed by atoms with Crippen molar-refractivity contribution in [2.45, 2.75) is 25.9 Å². The molecular formula is C18H25N3O2S. The smallest absolute Gasteiger partial charge is 0.287 e. The number of thiophene rings is 1. The van der Waals surface area contributed by atoms with E-state index in [-0.39, 0.29) is 18.0 Å². The Kier molecular flexibility index (Phi) is 5.71. The highest BCUT2D eigenvalue weighted by Gasteiger charge is 2.30. The first-order valence-corrected chi connectivity index (χ1v) is 9.41. The number of amides is 1.